The summed E-state index contributed by atoms with van der Waals surface area (Å²) in [4.78, 5) is 29.2. The van der Waals surface area contributed by atoms with E-state index in [1.807, 2.05) is 43.0 Å². The number of nitrogens with zero attached hydrogens (tertiary/aromatic N) is 1. The minimum atomic E-state index is -0.452. The van der Waals surface area contributed by atoms with E-state index in [4.69, 9.17) is 4.74 Å². The largest absolute Gasteiger partial charge is 0.382 e. The van der Waals surface area contributed by atoms with E-state index in [0.29, 0.717) is 26.3 Å². The van der Waals surface area contributed by atoms with Crippen LogP contribution in [-0.4, -0.2) is 36.8 Å². The number of nitrogens with one attached hydrogen (secondary N) is 1. The Morgan fingerprint density at radius 2 is 2.00 bits per heavy atom. The minimum absolute atomic E-state index is 0.0124. The molecule has 1 N–H and O–H groups in total. The molecule has 0 fully saturated rings. The number of rotatable bonds is 9. The molecule has 0 aromatic heterocycles. The highest BCUT2D eigenvalue weighted by Crippen LogP contribution is 2.42. The molecule has 1 aliphatic heterocycles. The number of hydrogen-bond acceptors (Lipinski definition) is 4. The molecule has 6 heteroatoms. The van der Waals surface area contributed by atoms with Gasteiger partial charge >= 0.3 is 0 Å². The SMILES string of the molecule is CCOCCCNC(=O)[C@H](C)[C@H]1Sc2ccccc2N(Cc2cc(C)ccc2C)C1=O. The summed E-state index contributed by atoms with van der Waals surface area (Å²) in [5.74, 6) is -0.533. The van der Waals surface area contributed by atoms with Crippen molar-refractivity contribution in [3.8, 4) is 0 Å². The highest BCUT2D eigenvalue weighted by molar-refractivity contribution is 8.01. The smallest absolute Gasteiger partial charge is 0.241 e. The molecule has 2 atom stereocenters. The molecule has 0 bridgehead atoms. The van der Waals surface area contributed by atoms with E-state index in [0.717, 1.165) is 28.1 Å². The number of anilines is 1. The molecule has 0 saturated carbocycles. The number of ether oxygens (including phenoxy) is 1. The first-order valence-corrected chi connectivity index (χ1v) is 11.8. The van der Waals surface area contributed by atoms with E-state index in [1.165, 1.54) is 17.3 Å². The van der Waals surface area contributed by atoms with Crippen LogP contribution in [0.25, 0.3) is 0 Å². The zero-order chi connectivity index (χ0) is 22.4. The van der Waals surface area contributed by atoms with Gasteiger partial charge in [-0.15, -0.1) is 11.8 Å². The number of benzene rings is 2. The van der Waals surface area contributed by atoms with Gasteiger partial charge < -0.3 is 15.0 Å². The molecule has 2 aromatic carbocycles. The van der Waals surface area contributed by atoms with Crippen LogP contribution in [0.5, 0.6) is 0 Å². The highest BCUT2D eigenvalue weighted by Gasteiger charge is 2.39. The van der Waals surface area contributed by atoms with Gasteiger partial charge in [-0.05, 0) is 50.5 Å². The van der Waals surface area contributed by atoms with Crippen LogP contribution in [0.1, 0.15) is 37.0 Å². The van der Waals surface area contributed by atoms with Gasteiger partial charge in [0.2, 0.25) is 11.8 Å². The van der Waals surface area contributed by atoms with Crippen LogP contribution < -0.4 is 10.2 Å². The van der Waals surface area contributed by atoms with Gasteiger partial charge in [-0.2, -0.15) is 0 Å². The summed E-state index contributed by atoms with van der Waals surface area (Å²) in [7, 11) is 0. The molecule has 0 spiro atoms. The number of hydrogen-bond donors (Lipinski definition) is 1. The zero-order valence-corrected chi connectivity index (χ0v) is 19.6. The average Bonchev–Trinajstić information content (AvgIpc) is 2.77. The van der Waals surface area contributed by atoms with Gasteiger partial charge in [0, 0.05) is 24.7 Å². The third kappa shape index (κ3) is 5.69. The second-order valence-electron chi connectivity index (χ2n) is 7.99. The van der Waals surface area contributed by atoms with E-state index >= 15 is 0 Å². The van der Waals surface area contributed by atoms with Crippen molar-refractivity contribution in [1.82, 2.24) is 5.32 Å². The fourth-order valence-electron chi connectivity index (χ4n) is 3.69. The number of amides is 2. The maximum absolute atomic E-state index is 13.6. The van der Waals surface area contributed by atoms with Crippen LogP contribution >= 0.6 is 11.8 Å². The number of carbonyl (C=O) groups excluding carboxylic acids is 2. The Morgan fingerprint density at radius 3 is 2.77 bits per heavy atom. The summed E-state index contributed by atoms with van der Waals surface area (Å²) in [6, 6.07) is 14.3. The average molecular weight is 441 g/mol. The molecule has 2 aromatic rings. The number of carbonyl (C=O) groups is 2. The van der Waals surface area contributed by atoms with Crippen molar-refractivity contribution in [3.63, 3.8) is 0 Å². The van der Waals surface area contributed by atoms with Crippen LogP contribution in [0.15, 0.2) is 47.4 Å². The molecule has 166 valence electrons. The predicted octanol–water partition coefficient (Wildman–Crippen LogP) is 4.49. The third-order valence-corrected chi connectivity index (χ3v) is 7.05. The first-order chi connectivity index (χ1) is 14.9. The molecule has 5 nitrogen and oxygen atoms in total. The maximum Gasteiger partial charge on any atom is 0.241 e. The fraction of sp³-hybridized carbons (Fsp3) is 0.440. The molecule has 0 radical (unpaired) electrons. The lowest BCUT2D eigenvalue weighted by Crippen LogP contribution is -2.47. The summed E-state index contributed by atoms with van der Waals surface area (Å²) in [6.07, 6.45) is 0.764. The Balaban J connectivity index is 1.78. The first-order valence-electron chi connectivity index (χ1n) is 10.9. The van der Waals surface area contributed by atoms with Gasteiger partial charge in [-0.3, -0.25) is 9.59 Å². The molecule has 1 aliphatic rings. The summed E-state index contributed by atoms with van der Waals surface area (Å²) in [6.45, 7) is 10.3. The van der Waals surface area contributed by atoms with Crippen molar-refractivity contribution < 1.29 is 14.3 Å². The van der Waals surface area contributed by atoms with Crippen molar-refractivity contribution in [3.05, 3.63) is 59.2 Å². The molecule has 0 unspecified atom stereocenters. The van der Waals surface area contributed by atoms with Crippen LogP contribution in [0, 0.1) is 19.8 Å². The Kier molecular flexibility index (Phi) is 8.15. The van der Waals surface area contributed by atoms with Crippen molar-refractivity contribution in [1.29, 1.82) is 0 Å². The van der Waals surface area contributed by atoms with Crippen LogP contribution in [0.2, 0.25) is 0 Å². The van der Waals surface area contributed by atoms with Gasteiger partial charge in [0.25, 0.3) is 0 Å². The maximum atomic E-state index is 13.6. The number of fused-ring (bicyclic) bond motifs is 1. The lowest BCUT2D eigenvalue weighted by molar-refractivity contribution is -0.128. The third-order valence-electron chi connectivity index (χ3n) is 5.59. The summed E-state index contributed by atoms with van der Waals surface area (Å²) in [5, 5.41) is 2.51. The van der Waals surface area contributed by atoms with Gasteiger partial charge in [-0.25, -0.2) is 0 Å². The summed E-state index contributed by atoms with van der Waals surface area (Å²) >= 11 is 1.49. The van der Waals surface area contributed by atoms with Crippen LogP contribution in [0.4, 0.5) is 5.69 Å². The summed E-state index contributed by atoms with van der Waals surface area (Å²) < 4.78 is 5.32. The molecule has 1 heterocycles. The normalized spacial score (nSPS) is 16.7. The summed E-state index contributed by atoms with van der Waals surface area (Å²) in [5.41, 5.74) is 4.37. The predicted molar refractivity (Wildman–Crippen MR) is 126 cm³/mol. The van der Waals surface area contributed by atoms with Crippen molar-refractivity contribution in [2.24, 2.45) is 5.92 Å². The Hall–Kier alpha value is -2.31. The molecule has 2 amide bonds. The zero-order valence-electron chi connectivity index (χ0n) is 18.8. The molecule has 3 rings (SSSR count). The van der Waals surface area contributed by atoms with E-state index in [2.05, 4.69) is 37.4 Å². The lowest BCUT2D eigenvalue weighted by atomic mass is 10.0. The molecule has 0 saturated heterocycles. The fourth-order valence-corrected chi connectivity index (χ4v) is 4.97. The Labute approximate surface area is 189 Å². The van der Waals surface area contributed by atoms with Crippen molar-refractivity contribution in [2.75, 3.05) is 24.7 Å². The van der Waals surface area contributed by atoms with Gasteiger partial charge in [-0.1, -0.05) is 42.8 Å². The second kappa shape index (κ2) is 10.8. The highest BCUT2D eigenvalue weighted by atomic mass is 32.2. The Morgan fingerprint density at radius 1 is 1.23 bits per heavy atom. The van der Waals surface area contributed by atoms with Gasteiger partial charge in [0.1, 0.15) is 5.25 Å². The van der Waals surface area contributed by atoms with E-state index in [1.54, 1.807) is 0 Å². The molecule has 0 aliphatic carbocycles. The van der Waals surface area contributed by atoms with E-state index in [9.17, 15) is 9.59 Å². The standard InChI is InChI=1S/C25H32N2O3S/c1-5-30-14-8-13-26-24(28)19(4)23-25(29)27(21-9-6-7-10-22(21)31-23)16-20-15-17(2)11-12-18(20)3/h6-7,9-12,15,19,23H,5,8,13-14,16H2,1-4H3,(H,26,28)/t19-,23-/m1/s1. The second-order valence-corrected chi connectivity index (χ2v) is 9.17. The van der Waals surface area contributed by atoms with Crippen molar-refractivity contribution >= 4 is 29.3 Å². The lowest BCUT2D eigenvalue weighted by Gasteiger charge is -2.36. The van der Waals surface area contributed by atoms with Crippen LogP contribution in [0.3, 0.4) is 0 Å². The quantitative estimate of drug-likeness (QED) is 0.584. The van der Waals surface area contributed by atoms with Gasteiger partial charge in [0.05, 0.1) is 18.2 Å². The Bertz CT molecular complexity index is 931. The monoisotopic (exact) mass is 440 g/mol. The van der Waals surface area contributed by atoms with Gasteiger partial charge in [0.15, 0.2) is 0 Å². The van der Waals surface area contributed by atoms with E-state index < -0.39 is 11.2 Å². The topological polar surface area (TPSA) is 58.6 Å². The van der Waals surface area contributed by atoms with Crippen molar-refractivity contribution in [2.45, 2.75) is 50.8 Å². The molecule has 31 heavy (non-hydrogen) atoms. The minimum Gasteiger partial charge on any atom is -0.382 e. The van der Waals surface area contributed by atoms with E-state index in [-0.39, 0.29) is 11.8 Å². The first kappa shape index (κ1) is 23.4. The number of thioether (sulfide) groups is 1. The number of aryl methyl sites for hydroxylation is 2. The number of para-hydroxylation sites is 1. The molecular weight excluding hydrogens is 408 g/mol. The van der Waals surface area contributed by atoms with Crippen LogP contribution in [-0.2, 0) is 20.9 Å². The molecular formula is C25H32N2O3S.